The van der Waals surface area contributed by atoms with Gasteiger partial charge in [0.05, 0.1) is 0 Å². The lowest BCUT2D eigenvalue weighted by atomic mass is 10.2. The Kier molecular flexibility index (Phi) is 14.3. The molecule has 0 aliphatic carbocycles. The van der Waals surface area contributed by atoms with E-state index >= 15 is 0 Å². The second-order valence-corrected chi connectivity index (χ2v) is 1.88. The summed E-state index contributed by atoms with van der Waals surface area (Å²) in [5.41, 5.74) is 0. The van der Waals surface area contributed by atoms with Crippen LogP contribution in [-0.4, -0.2) is 0 Å². The van der Waals surface area contributed by atoms with Gasteiger partial charge in [-0.3, -0.25) is 0 Å². The van der Waals surface area contributed by atoms with E-state index in [1.54, 1.807) is 0 Å². The summed E-state index contributed by atoms with van der Waals surface area (Å²) in [6, 6.07) is 0. The molecule has 0 bridgehead atoms. The topological polar surface area (TPSA) is 0 Å². The predicted molar refractivity (Wildman–Crippen MR) is 47.9 cm³/mol. The van der Waals surface area contributed by atoms with Crippen LogP contribution < -0.4 is 0 Å². The molecule has 0 atom stereocenters. The van der Waals surface area contributed by atoms with E-state index in [1.165, 1.54) is 19.3 Å². The first-order chi connectivity index (χ1) is 3.91. The SMILES string of the molecule is Br.CC#CCCCCC. The summed E-state index contributed by atoms with van der Waals surface area (Å²) in [5.74, 6) is 5.91. The molecule has 0 amide bonds. The Labute approximate surface area is 68.8 Å². The third kappa shape index (κ3) is 11.5. The standard InChI is InChI=1S/C8H14.BrH/c1-3-5-7-8-6-4-2;/h3,5,7-8H2,1-2H3;1H. The van der Waals surface area contributed by atoms with Crippen LogP contribution in [0.2, 0.25) is 0 Å². The molecule has 0 aliphatic rings. The maximum Gasteiger partial charge on any atom is 0.00885 e. The Morgan fingerprint density at radius 2 is 1.89 bits per heavy atom. The number of hydrogen-bond donors (Lipinski definition) is 0. The Morgan fingerprint density at radius 1 is 1.22 bits per heavy atom. The van der Waals surface area contributed by atoms with Crippen LogP contribution in [0.5, 0.6) is 0 Å². The fourth-order valence-corrected chi connectivity index (χ4v) is 0.588. The number of unbranched alkanes of at least 4 members (excludes halogenated alkanes) is 3. The molecule has 0 saturated heterocycles. The molecule has 0 aromatic heterocycles. The highest BCUT2D eigenvalue weighted by atomic mass is 79.9. The normalized spacial score (nSPS) is 6.89. The summed E-state index contributed by atoms with van der Waals surface area (Å²) in [4.78, 5) is 0. The fraction of sp³-hybridized carbons (Fsp3) is 0.750. The third-order valence-corrected chi connectivity index (χ3v) is 1.08. The van der Waals surface area contributed by atoms with Crippen molar-refractivity contribution >= 4 is 17.0 Å². The Balaban J connectivity index is 0. The number of halogens is 1. The zero-order valence-electron chi connectivity index (χ0n) is 6.24. The van der Waals surface area contributed by atoms with Gasteiger partial charge in [0.25, 0.3) is 0 Å². The van der Waals surface area contributed by atoms with Crippen LogP contribution in [0.3, 0.4) is 0 Å². The van der Waals surface area contributed by atoms with Gasteiger partial charge in [-0.2, -0.15) is 0 Å². The average molecular weight is 191 g/mol. The Hall–Kier alpha value is 0.0400. The molecule has 0 heterocycles. The van der Waals surface area contributed by atoms with Gasteiger partial charge in [0, 0.05) is 6.42 Å². The molecule has 0 aliphatic heterocycles. The van der Waals surface area contributed by atoms with E-state index in [0.29, 0.717) is 0 Å². The van der Waals surface area contributed by atoms with Gasteiger partial charge in [0.15, 0.2) is 0 Å². The van der Waals surface area contributed by atoms with Crippen molar-refractivity contribution in [1.29, 1.82) is 0 Å². The van der Waals surface area contributed by atoms with Crippen LogP contribution in [0.1, 0.15) is 39.5 Å². The van der Waals surface area contributed by atoms with E-state index in [2.05, 4.69) is 18.8 Å². The summed E-state index contributed by atoms with van der Waals surface area (Å²) in [5, 5.41) is 0. The zero-order chi connectivity index (χ0) is 6.24. The van der Waals surface area contributed by atoms with Crippen molar-refractivity contribution in [2.45, 2.75) is 39.5 Å². The lowest BCUT2D eigenvalue weighted by Crippen LogP contribution is -1.69. The summed E-state index contributed by atoms with van der Waals surface area (Å²) in [6.07, 6.45) is 4.99. The van der Waals surface area contributed by atoms with Crippen molar-refractivity contribution in [3.63, 3.8) is 0 Å². The number of hydrogen-bond acceptors (Lipinski definition) is 0. The summed E-state index contributed by atoms with van der Waals surface area (Å²) >= 11 is 0. The summed E-state index contributed by atoms with van der Waals surface area (Å²) < 4.78 is 0. The lowest BCUT2D eigenvalue weighted by Gasteiger charge is -1.86. The van der Waals surface area contributed by atoms with Gasteiger partial charge in [-0.25, -0.2) is 0 Å². The number of rotatable bonds is 3. The van der Waals surface area contributed by atoms with Gasteiger partial charge in [-0.1, -0.05) is 19.8 Å². The molecule has 0 fully saturated rings. The smallest absolute Gasteiger partial charge is 0.00885 e. The van der Waals surface area contributed by atoms with E-state index in [9.17, 15) is 0 Å². The molecule has 0 radical (unpaired) electrons. The van der Waals surface area contributed by atoms with Crippen molar-refractivity contribution in [3.05, 3.63) is 0 Å². The molecule has 0 nitrogen and oxygen atoms in total. The monoisotopic (exact) mass is 190 g/mol. The maximum absolute atomic E-state index is 3.03. The molecular formula is C8H15Br. The quantitative estimate of drug-likeness (QED) is 0.474. The van der Waals surface area contributed by atoms with E-state index in [0.717, 1.165) is 6.42 Å². The molecule has 0 unspecified atom stereocenters. The first-order valence-electron chi connectivity index (χ1n) is 3.31. The highest BCUT2D eigenvalue weighted by Crippen LogP contribution is 1.95. The largest absolute Gasteiger partial charge is 0.114 e. The minimum atomic E-state index is 0. The molecule has 0 N–H and O–H groups in total. The van der Waals surface area contributed by atoms with Crippen LogP contribution in [0.4, 0.5) is 0 Å². The molecule has 1 heteroatoms. The summed E-state index contributed by atoms with van der Waals surface area (Å²) in [6.45, 7) is 4.10. The lowest BCUT2D eigenvalue weighted by molar-refractivity contribution is 0.737. The van der Waals surface area contributed by atoms with Crippen LogP contribution in [0.25, 0.3) is 0 Å². The molecule has 54 valence electrons. The van der Waals surface area contributed by atoms with Crippen LogP contribution in [-0.2, 0) is 0 Å². The molecule has 0 rings (SSSR count). The minimum Gasteiger partial charge on any atom is -0.114 e. The van der Waals surface area contributed by atoms with Crippen molar-refractivity contribution in [1.82, 2.24) is 0 Å². The molecule has 0 saturated carbocycles. The van der Waals surface area contributed by atoms with Gasteiger partial charge in [-0.05, 0) is 13.3 Å². The van der Waals surface area contributed by atoms with Gasteiger partial charge in [0.1, 0.15) is 0 Å². The van der Waals surface area contributed by atoms with Crippen molar-refractivity contribution in [2.24, 2.45) is 0 Å². The highest BCUT2D eigenvalue weighted by molar-refractivity contribution is 8.93. The molecule has 0 aromatic rings. The van der Waals surface area contributed by atoms with Crippen molar-refractivity contribution < 1.29 is 0 Å². The van der Waals surface area contributed by atoms with Gasteiger partial charge in [0.2, 0.25) is 0 Å². The van der Waals surface area contributed by atoms with E-state index < -0.39 is 0 Å². The van der Waals surface area contributed by atoms with Crippen molar-refractivity contribution in [2.75, 3.05) is 0 Å². The molecular weight excluding hydrogens is 176 g/mol. The Morgan fingerprint density at radius 3 is 2.33 bits per heavy atom. The second kappa shape index (κ2) is 10.9. The summed E-state index contributed by atoms with van der Waals surface area (Å²) in [7, 11) is 0. The second-order valence-electron chi connectivity index (χ2n) is 1.88. The third-order valence-electron chi connectivity index (χ3n) is 1.08. The highest BCUT2D eigenvalue weighted by Gasteiger charge is 1.78. The van der Waals surface area contributed by atoms with Crippen LogP contribution in [0, 0.1) is 11.8 Å². The maximum atomic E-state index is 3.03. The first-order valence-corrected chi connectivity index (χ1v) is 3.31. The molecule has 0 spiro atoms. The minimum absolute atomic E-state index is 0. The predicted octanol–water partition coefficient (Wildman–Crippen LogP) is 3.17. The van der Waals surface area contributed by atoms with Gasteiger partial charge < -0.3 is 0 Å². The molecule has 9 heavy (non-hydrogen) atoms. The van der Waals surface area contributed by atoms with Crippen LogP contribution in [0.15, 0.2) is 0 Å². The van der Waals surface area contributed by atoms with Gasteiger partial charge in [-0.15, -0.1) is 28.8 Å². The first kappa shape index (κ1) is 11.8. The Bertz CT molecular complexity index is 86.5. The molecule has 0 aromatic carbocycles. The van der Waals surface area contributed by atoms with Gasteiger partial charge >= 0.3 is 0 Å². The fourth-order valence-electron chi connectivity index (χ4n) is 0.588. The van der Waals surface area contributed by atoms with Crippen LogP contribution >= 0.6 is 17.0 Å². The van der Waals surface area contributed by atoms with E-state index in [4.69, 9.17) is 0 Å². The van der Waals surface area contributed by atoms with Crippen molar-refractivity contribution in [3.8, 4) is 11.8 Å². The average Bonchev–Trinajstić information content (AvgIpc) is 1.81. The van der Waals surface area contributed by atoms with E-state index in [-0.39, 0.29) is 17.0 Å². The van der Waals surface area contributed by atoms with E-state index in [1.807, 2.05) is 6.92 Å². The zero-order valence-corrected chi connectivity index (χ0v) is 7.95.